The highest BCUT2D eigenvalue weighted by atomic mass is 35.5. The number of nitrogens with zero attached hydrogens (tertiary/aromatic N) is 4. The number of pyridine rings is 1. The Kier molecular flexibility index (Phi) is 10.7. The van der Waals surface area contributed by atoms with E-state index in [2.05, 4.69) is 47.6 Å². The number of aromatic nitrogens is 1. The quantitative estimate of drug-likeness (QED) is 0.224. The minimum Gasteiger partial charge on any atom is -0.493 e. The van der Waals surface area contributed by atoms with Crippen LogP contribution in [0.2, 0.25) is 10.0 Å². The second-order valence-electron chi connectivity index (χ2n) is 13.0. The summed E-state index contributed by atoms with van der Waals surface area (Å²) in [5.41, 5.74) is 9.12. The van der Waals surface area contributed by atoms with Crippen molar-refractivity contribution < 1.29 is 19.1 Å². The van der Waals surface area contributed by atoms with Gasteiger partial charge in [-0.15, -0.1) is 0 Å². The van der Waals surface area contributed by atoms with Crippen LogP contribution in [0, 0.1) is 5.41 Å². The molecule has 3 aromatic rings. The number of amides is 1. The van der Waals surface area contributed by atoms with Gasteiger partial charge in [0.25, 0.3) is 5.91 Å². The van der Waals surface area contributed by atoms with Crippen molar-refractivity contribution in [2.24, 2.45) is 16.1 Å². The normalized spacial score (nSPS) is 16.0. The first-order valence-electron chi connectivity index (χ1n) is 15.6. The molecule has 1 amide bonds. The first kappa shape index (κ1) is 33.9. The third-order valence-corrected chi connectivity index (χ3v) is 9.16. The lowest BCUT2D eigenvalue weighted by atomic mass is 9.89. The molecule has 9 nitrogen and oxygen atoms in total. The molecule has 0 spiro atoms. The van der Waals surface area contributed by atoms with Gasteiger partial charge in [0, 0.05) is 74.3 Å². The van der Waals surface area contributed by atoms with Crippen LogP contribution in [0.15, 0.2) is 53.2 Å². The number of carbonyl (C=O) groups excluding carboxylic acids is 2. The number of rotatable bonds is 12. The molecule has 2 aromatic carbocycles. The number of primary amides is 1. The predicted molar refractivity (Wildman–Crippen MR) is 184 cm³/mol. The van der Waals surface area contributed by atoms with Crippen LogP contribution in [0.5, 0.6) is 17.2 Å². The first-order chi connectivity index (χ1) is 21.9. The van der Waals surface area contributed by atoms with Crippen molar-refractivity contribution in [3.05, 3.63) is 69.3 Å². The van der Waals surface area contributed by atoms with E-state index in [1.165, 1.54) is 0 Å². The number of hydrogen-bond donors (Lipinski definition) is 1. The van der Waals surface area contributed by atoms with E-state index in [1.807, 2.05) is 6.08 Å². The van der Waals surface area contributed by atoms with Crippen LogP contribution in [0.25, 0.3) is 10.9 Å². The number of halogens is 2. The van der Waals surface area contributed by atoms with Gasteiger partial charge in [-0.2, -0.15) is 0 Å². The zero-order valence-corrected chi connectivity index (χ0v) is 28.4. The predicted octanol–water partition coefficient (Wildman–Crippen LogP) is 6.38. The van der Waals surface area contributed by atoms with Gasteiger partial charge in [0.15, 0.2) is 0 Å². The molecule has 0 atom stereocenters. The monoisotopic (exact) mass is 665 g/mol. The van der Waals surface area contributed by atoms with Gasteiger partial charge in [0.05, 0.1) is 29.3 Å². The molecule has 11 heteroatoms. The van der Waals surface area contributed by atoms with Gasteiger partial charge in [-0.25, -0.2) is 0 Å². The number of ketones is 1. The van der Waals surface area contributed by atoms with E-state index >= 15 is 0 Å². The van der Waals surface area contributed by atoms with E-state index in [0.717, 1.165) is 50.4 Å². The van der Waals surface area contributed by atoms with Gasteiger partial charge in [-0.3, -0.25) is 19.6 Å². The molecule has 2 aliphatic rings. The number of carbonyl (C=O) groups is 2. The zero-order valence-electron chi connectivity index (χ0n) is 26.9. The van der Waals surface area contributed by atoms with Crippen molar-refractivity contribution in [2.45, 2.75) is 40.0 Å². The van der Waals surface area contributed by atoms with E-state index in [-0.39, 0.29) is 33.2 Å². The standard InChI is InChI=1S/C35H41Cl2N5O4/c1-35(2,3)31-17-22(21-40-31)16-24(43)18-23-6-7-29(33(37)32(23)36)46-28-8-9-39-27-20-30(26(34(38)44)19-25(27)28)45-15-5-10-42-13-11-41(4)12-14-42/h6-9,17,19-20H,5,10-16,18,21H2,1-4H3,(H2,38,44). The summed E-state index contributed by atoms with van der Waals surface area (Å²) < 4.78 is 12.2. The van der Waals surface area contributed by atoms with E-state index in [9.17, 15) is 9.59 Å². The van der Waals surface area contributed by atoms with Gasteiger partial charge in [-0.1, -0.05) is 50.0 Å². The summed E-state index contributed by atoms with van der Waals surface area (Å²) in [4.78, 5) is 39.1. The lowest BCUT2D eigenvalue weighted by molar-refractivity contribution is -0.117. The lowest BCUT2D eigenvalue weighted by Crippen LogP contribution is -2.44. The third-order valence-electron chi connectivity index (χ3n) is 8.26. The van der Waals surface area contributed by atoms with E-state index in [4.69, 9.17) is 38.4 Å². The molecule has 2 aliphatic heterocycles. The lowest BCUT2D eigenvalue weighted by Gasteiger charge is -2.32. The molecule has 244 valence electrons. The summed E-state index contributed by atoms with van der Waals surface area (Å²) in [6.07, 6.45) is 4.90. The molecule has 0 unspecified atom stereocenters. The van der Waals surface area contributed by atoms with E-state index < -0.39 is 5.91 Å². The zero-order chi connectivity index (χ0) is 33.0. The highest BCUT2D eigenvalue weighted by Crippen LogP contribution is 2.40. The van der Waals surface area contributed by atoms with Crippen LogP contribution >= 0.6 is 23.2 Å². The fraction of sp³-hybridized carbons (Fsp3) is 0.429. The van der Waals surface area contributed by atoms with Crippen LogP contribution < -0.4 is 15.2 Å². The highest BCUT2D eigenvalue weighted by Gasteiger charge is 2.23. The number of hydrogen-bond acceptors (Lipinski definition) is 8. The Bertz CT molecular complexity index is 1690. The van der Waals surface area contributed by atoms with Crippen LogP contribution in [0.4, 0.5) is 0 Å². The SMILES string of the molecule is CN1CCN(CCCOc2cc3nccc(Oc4ccc(CC(=O)CC5=CC(C(C)(C)C)=NC5)c(Cl)c4Cl)c3cc2C(N)=O)CC1. The summed E-state index contributed by atoms with van der Waals surface area (Å²) in [5, 5.41) is 1.00. The average molecular weight is 667 g/mol. The molecule has 3 heterocycles. The number of aliphatic imine (C=N–C) groups is 1. The Labute approximate surface area is 280 Å². The van der Waals surface area contributed by atoms with Crippen molar-refractivity contribution in [1.82, 2.24) is 14.8 Å². The molecule has 2 N–H and O–H groups in total. The maximum absolute atomic E-state index is 12.9. The summed E-state index contributed by atoms with van der Waals surface area (Å²) >= 11 is 13.3. The Morgan fingerprint density at radius 1 is 0.978 bits per heavy atom. The van der Waals surface area contributed by atoms with Gasteiger partial charge in [0.2, 0.25) is 0 Å². The third kappa shape index (κ3) is 8.25. The van der Waals surface area contributed by atoms with Crippen LogP contribution in [0.3, 0.4) is 0 Å². The van der Waals surface area contributed by atoms with Crippen LogP contribution in [-0.2, 0) is 11.2 Å². The van der Waals surface area contributed by atoms with Crippen LogP contribution in [0.1, 0.15) is 49.5 Å². The van der Waals surface area contributed by atoms with E-state index in [1.54, 1.807) is 36.5 Å². The van der Waals surface area contributed by atoms with Crippen molar-refractivity contribution in [1.29, 1.82) is 0 Å². The number of piperazine rings is 1. The topological polar surface area (TPSA) is 110 Å². The largest absolute Gasteiger partial charge is 0.493 e. The smallest absolute Gasteiger partial charge is 0.252 e. The molecule has 1 aromatic heterocycles. The van der Waals surface area contributed by atoms with Gasteiger partial charge in [-0.05, 0) is 48.9 Å². The molecular weight excluding hydrogens is 625 g/mol. The highest BCUT2D eigenvalue weighted by molar-refractivity contribution is 6.43. The van der Waals surface area contributed by atoms with Crippen molar-refractivity contribution in [3.63, 3.8) is 0 Å². The average Bonchev–Trinajstić information content (AvgIpc) is 3.49. The molecule has 0 radical (unpaired) electrons. The number of fused-ring (bicyclic) bond motifs is 1. The van der Waals surface area contributed by atoms with Crippen molar-refractivity contribution >= 4 is 51.5 Å². The van der Waals surface area contributed by atoms with Crippen molar-refractivity contribution in [3.8, 4) is 17.2 Å². The summed E-state index contributed by atoms with van der Waals surface area (Å²) in [7, 11) is 2.13. The number of nitrogens with two attached hydrogens (primary N) is 1. The summed E-state index contributed by atoms with van der Waals surface area (Å²) in [5.74, 6) is 0.517. The molecular formula is C35H41Cl2N5O4. The fourth-order valence-electron chi connectivity index (χ4n) is 5.56. The maximum atomic E-state index is 12.9. The molecule has 0 bridgehead atoms. The minimum absolute atomic E-state index is 0.0275. The molecule has 0 aliphatic carbocycles. The Morgan fingerprint density at radius 2 is 1.74 bits per heavy atom. The molecule has 5 rings (SSSR count). The minimum atomic E-state index is -0.615. The molecule has 1 fully saturated rings. The van der Waals surface area contributed by atoms with Gasteiger partial charge >= 0.3 is 0 Å². The molecule has 0 saturated carbocycles. The Morgan fingerprint density at radius 3 is 2.43 bits per heavy atom. The van der Waals surface area contributed by atoms with Crippen LogP contribution in [-0.4, -0.2) is 85.1 Å². The first-order valence-corrected chi connectivity index (χ1v) is 16.3. The van der Waals surface area contributed by atoms with Gasteiger partial charge in [0.1, 0.15) is 28.1 Å². The number of ether oxygens (including phenoxy) is 2. The maximum Gasteiger partial charge on any atom is 0.252 e. The van der Waals surface area contributed by atoms with Crippen molar-refractivity contribution in [2.75, 3.05) is 52.9 Å². The number of benzene rings is 2. The summed E-state index contributed by atoms with van der Waals surface area (Å²) in [6, 6.07) is 8.44. The number of Topliss-reactive ketones (excluding diaryl/α,β-unsaturated/α-hetero) is 1. The number of allylic oxidation sites excluding steroid dienone is 1. The summed E-state index contributed by atoms with van der Waals surface area (Å²) in [6.45, 7) is 12.4. The Hall–Kier alpha value is -3.50. The second kappa shape index (κ2) is 14.5. The molecule has 1 saturated heterocycles. The van der Waals surface area contributed by atoms with E-state index in [0.29, 0.717) is 53.3 Å². The van der Waals surface area contributed by atoms with Gasteiger partial charge < -0.3 is 25.0 Å². The second-order valence-corrected chi connectivity index (χ2v) is 13.7. The number of likely N-dealkylation sites (N-methyl/N-ethyl adjacent to an activating group) is 1. The fourth-order valence-corrected chi connectivity index (χ4v) is 6.00. The molecule has 46 heavy (non-hydrogen) atoms. The Balaban J connectivity index is 1.26.